The maximum atomic E-state index is 11.9. The van der Waals surface area contributed by atoms with E-state index in [0.717, 1.165) is 43.7 Å². The van der Waals surface area contributed by atoms with Crippen LogP contribution in [0, 0.1) is 0 Å². The van der Waals surface area contributed by atoms with Crippen LogP contribution >= 0.6 is 0 Å². The number of carbonyl (C=O) groups is 1. The van der Waals surface area contributed by atoms with Crippen LogP contribution < -0.4 is 5.32 Å². The van der Waals surface area contributed by atoms with Gasteiger partial charge in [0.2, 0.25) is 0 Å². The molecule has 4 rings (SSSR count). The van der Waals surface area contributed by atoms with Crippen molar-refractivity contribution in [1.29, 1.82) is 0 Å². The quantitative estimate of drug-likeness (QED) is 0.901. The summed E-state index contributed by atoms with van der Waals surface area (Å²) in [7, 11) is 1.67. The first-order valence-corrected chi connectivity index (χ1v) is 9.37. The number of aromatic nitrogens is 2. The van der Waals surface area contributed by atoms with E-state index in [4.69, 9.17) is 4.98 Å². The lowest BCUT2D eigenvalue weighted by atomic mass is 10.0. The standard InChI is InChI=1S/C20H26N4O/c1-21-20(25)15-7-4-6-14(12-15)13-24-11-5-10-18(24)19-22-16-8-2-3-9-17(16)23-19/h4,6-7,12,18H,2-3,5,8-11,13H2,1H3,(H,21,25)(H,22,23)/t18-/m1/s1. The van der Waals surface area contributed by atoms with Gasteiger partial charge in [-0.3, -0.25) is 9.69 Å². The largest absolute Gasteiger partial charge is 0.355 e. The van der Waals surface area contributed by atoms with E-state index in [0.29, 0.717) is 6.04 Å². The van der Waals surface area contributed by atoms with Gasteiger partial charge in [0.25, 0.3) is 5.91 Å². The van der Waals surface area contributed by atoms with Crippen LogP contribution in [0.4, 0.5) is 0 Å². The van der Waals surface area contributed by atoms with E-state index in [9.17, 15) is 4.79 Å². The van der Waals surface area contributed by atoms with Crippen molar-refractivity contribution in [2.45, 2.75) is 51.1 Å². The molecule has 25 heavy (non-hydrogen) atoms. The van der Waals surface area contributed by atoms with Crippen LogP contribution in [0.3, 0.4) is 0 Å². The predicted molar refractivity (Wildman–Crippen MR) is 97.4 cm³/mol. The Labute approximate surface area is 148 Å². The molecule has 1 aliphatic carbocycles. The number of rotatable bonds is 4. The van der Waals surface area contributed by atoms with Gasteiger partial charge in [-0.05, 0) is 62.8 Å². The topological polar surface area (TPSA) is 61.0 Å². The highest BCUT2D eigenvalue weighted by molar-refractivity contribution is 5.94. The van der Waals surface area contributed by atoms with Crippen LogP contribution in [0.5, 0.6) is 0 Å². The monoisotopic (exact) mass is 338 g/mol. The molecule has 1 saturated heterocycles. The van der Waals surface area contributed by atoms with Gasteiger partial charge in [-0.15, -0.1) is 0 Å². The van der Waals surface area contributed by atoms with Gasteiger partial charge in [0.05, 0.1) is 11.7 Å². The number of imidazole rings is 1. The number of nitrogens with one attached hydrogen (secondary N) is 2. The predicted octanol–water partition coefficient (Wildman–Crippen LogP) is 2.99. The maximum Gasteiger partial charge on any atom is 0.251 e. The molecule has 1 aromatic heterocycles. The zero-order valence-electron chi connectivity index (χ0n) is 14.8. The van der Waals surface area contributed by atoms with Crippen LogP contribution in [-0.4, -0.2) is 34.4 Å². The molecular formula is C20H26N4O. The first-order chi connectivity index (χ1) is 12.2. The average molecular weight is 338 g/mol. The number of carbonyl (C=O) groups excluding carboxylic acids is 1. The normalized spacial score (nSPS) is 20.4. The number of hydrogen-bond donors (Lipinski definition) is 2. The first kappa shape index (κ1) is 16.3. The van der Waals surface area contributed by atoms with Crippen LogP contribution in [0.15, 0.2) is 24.3 Å². The Hall–Kier alpha value is -2.14. The minimum Gasteiger partial charge on any atom is -0.355 e. The van der Waals surface area contributed by atoms with Crippen molar-refractivity contribution in [2.75, 3.05) is 13.6 Å². The second-order valence-electron chi connectivity index (χ2n) is 7.16. The fourth-order valence-electron chi connectivity index (χ4n) is 4.15. The number of H-pyrrole nitrogens is 1. The molecule has 2 N–H and O–H groups in total. The molecule has 0 radical (unpaired) electrons. The van der Waals surface area contributed by atoms with Crippen LogP contribution in [0.2, 0.25) is 0 Å². The van der Waals surface area contributed by atoms with Crippen molar-refractivity contribution in [3.05, 3.63) is 52.6 Å². The van der Waals surface area contributed by atoms with Crippen molar-refractivity contribution >= 4 is 5.91 Å². The highest BCUT2D eigenvalue weighted by Gasteiger charge is 2.29. The van der Waals surface area contributed by atoms with Crippen molar-refractivity contribution in [2.24, 2.45) is 0 Å². The molecule has 2 aliphatic rings. The molecule has 0 saturated carbocycles. The number of benzene rings is 1. The van der Waals surface area contributed by atoms with Crippen LogP contribution in [0.1, 0.15) is 64.9 Å². The van der Waals surface area contributed by atoms with Gasteiger partial charge in [0.15, 0.2) is 0 Å². The fourth-order valence-corrected chi connectivity index (χ4v) is 4.15. The second kappa shape index (κ2) is 7.00. The highest BCUT2D eigenvalue weighted by atomic mass is 16.1. The SMILES string of the molecule is CNC(=O)c1cccc(CN2CCC[C@@H]2c2nc3c([nH]2)CCCC3)c1. The number of aryl methyl sites for hydroxylation is 2. The third-order valence-electron chi connectivity index (χ3n) is 5.45. The van der Waals surface area contributed by atoms with Gasteiger partial charge in [-0.25, -0.2) is 4.98 Å². The highest BCUT2D eigenvalue weighted by Crippen LogP contribution is 2.33. The minimum absolute atomic E-state index is 0.0291. The number of nitrogens with zero attached hydrogens (tertiary/aromatic N) is 2. The minimum atomic E-state index is -0.0291. The summed E-state index contributed by atoms with van der Waals surface area (Å²) < 4.78 is 0. The Balaban J connectivity index is 1.52. The van der Waals surface area contributed by atoms with Crippen molar-refractivity contribution in [1.82, 2.24) is 20.2 Å². The summed E-state index contributed by atoms with van der Waals surface area (Å²) in [5.41, 5.74) is 4.55. The van der Waals surface area contributed by atoms with Gasteiger partial charge in [-0.2, -0.15) is 0 Å². The number of aromatic amines is 1. The molecule has 1 aliphatic heterocycles. The zero-order valence-corrected chi connectivity index (χ0v) is 14.8. The molecule has 0 unspecified atom stereocenters. The summed E-state index contributed by atoms with van der Waals surface area (Å²) in [6.07, 6.45) is 7.15. The maximum absolute atomic E-state index is 11.9. The molecular weight excluding hydrogens is 312 g/mol. The number of likely N-dealkylation sites (tertiary alicyclic amines) is 1. The smallest absolute Gasteiger partial charge is 0.251 e. The molecule has 1 aromatic carbocycles. The summed E-state index contributed by atoms with van der Waals surface area (Å²) in [4.78, 5) is 22.9. The van der Waals surface area contributed by atoms with Crippen LogP contribution in [-0.2, 0) is 19.4 Å². The van der Waals surface area contributed by atoms with E-state index >= 15 is 0 Å². The molecule has 132 valence electrons. The van der Waals surface area contributed by atoms with E-state index in [1.807, 2.05) is 18.2 Å². The molecule has 5 heteroatoms. The zero-order chi connectivity index (χ0) is 17.2. The van der Waals surface area contributed by atoms with Crippen molar-refractivity contribution < 1.29 is 4.79 Å². The molecule has 2 heterocycles. The lowest BCUT2D eigenvalue weighted by Crippen LogP contribution is -2.24. The lowest BCUT2D eigenvalue weighted by molar-refractivity contribution is 0.0963. The Morgan fingerprint density at radius 1 is 1.32 bits per heavy atom. The summed E-state index contributed by atoms with van der Waals surface area (Å²) in [6, 6.07) is 8.31. The Morgan fingerprint density at radius 2 is 2.20 bits per heavy atom. The number of fused-ring (bicyclic) bond motifs is 1. The molecule has 1 amide bonds. The number of amides is 1. The van der Waals surface area contributed by atoms with E-state index < -0.39 is 0 Å². The van der Waals surface area contributed by atoms with Gasteiger partial charge in [0, 0.05) is 24.8 Å². The summed E-state index contributed by atoms with van der Waals surface area (Å²) in [5, 5.41) is 2.70. The molecule has 0 spiro atoms. The van der Waals surface area contributed by atoms with Crippen molar-refractivity contribution in [3.8, 4) is 0 Å². The average Bonchev–Trinajstić information content (AvgIpc) is 3.27. The third-order valence-corrected chi connectivity index (χ3v) is 5.45. The summed E-state index contributed by atoms with van der Waals surface area (Å²) >= 11 is 0. The molecule has 1 fully saturated rings. The van der Waals surface area contributed by atoms with E-state index in [1.165, 1.54) is 36.2 Å². The summed E-state index contributed by atoms with van der Waals surface area (Å²) in [5.74, 6) is 1.12. The first-order valence-electron chi connectivity index (χ1n) is 9.37. The fraction of sp³-hybridized carbons (Fsp3) is 0.500. The van der Waals surface area contributed by atoms with Gasteiger partial charge >= 0.3 is 0 Å². The van der Waals surface area contributed by atoms with E-state index in [2.05, 4.69) is 21.3 Å². The van der Waals surface area contributed by atoms with Gasteiger partial charge < -0.3 is 10.3 Å². The molecule has 1 atom stereocenters. The summed E-state index contributed by atoms with van der Waals surface area (Å²) in [6.45, 7) is 1.95. The molecule has 2 aromatic rings. The lowest BCUT2D eigenvalue weighted by Gasteiger charge is -2.23. The Morgan fingerprint density at radius 3 is 3.04 bits per heavy atom. The van der Waals surface area contributed by atoms with Gasteiger partial charge in [-0.1, -0.05) is 12.1 Å². The Bertz CT molecular complexity index is 743. The Kier molecular flexibility index (Phi) is 4.57. The van der Waals surface area contributed by atoms with Crippen molar-refractivity contribution in [3.63, 3.8) is 0 Å². The van der Waals surface area contributed by atoms with E-state index in [-0.39, 0.29) is 5.91 Å². The number of hydrogen-bond acceptors (Lipinski definition) is 3. The second-order valence-corrected chi connectivity index (χ2v) is 7.16. The van der Waals surface area contributed by atoms with Crippen LogP contribution in [0.25, 0.3) is 0 Å². The third kappa shape index (κ3) is 3.33. The van der Waals surface area contributed by atoms with Gasteiger partial charge in [0.1, 0.15) is 5.82 Å². The molecule has 0 bridgehead atoms. The molecule has 5 nitrogen and oxygen atoms in total. The van der Waals surface area contributed by atoms with E-state index in [1.54, 1.807) is 7.05 Å².